The van der Waals surface area contributed by atoms with Gasteiger partial charge in [0.15, 0.2) is 0 Å². The zero-order valence-electron chi connectivity index (χ0n) is 16.7. The maximum Gasteiger partial charge on any atom is 0.231 e. The Labute approximate surface area is 175 Å². The van der Waals surface area contributed by atoms with Crippen molar-refractivity contribution in [2.24, 2.45) is 0 Å². The van der Waals surface area contributed by atoms with Crippen molar-refractivity contribution in [2.45, 2.75) is 19.9 Å². The minimum Gasteiger partial charge on any atom is -0.307 e. The fraction of sp³-hybridized carbons (Fsp3) is 0.111. The first kappa shape index (κ1) is 18.1. The largest absolute Gasteiger partial charge is 0.307 e. The zero-order valence-corrected chi connectivity index (χ0v) is 16.7. The van der Waals surface area contributed by atoms with Crippen molar-refractivity contribution in [3.8, 4) is 17.2 Å². The van der Waals surface area contributed by atoms with Gasteiger partial charge in [-0.05, 0) is 57.6 Å². The van der Waals surface area contributed by atoms with Gasteiger partial charge in [-0.15, -0.1) is 0 Å². The Bertz CT molecular complexity index is 1320. The van der Waals surface area contributed by atoms with Gasteiger partial charge >= 0.3 is 0 Å². The quantitative estimate of drug-likeness (QED) is 0.447. The monoisotopic (exact) mass is 388 g/mol. The van der Waals surface area contributed by atoms with Gasteiger partial charge in [-0.3, -0.25) is 4.79 Å². The number of anilines is 1. The lowest BCUT2D eigenvalue weighted by Crippen LogP contribution is -2.26. The van der Waals surface area contributed by atoms with E-state index in [4.69, 9.17) is 5.26 Å². The van der Waals surface area contributed by atoms with Crippen LogP contribution >= 0.6 is 0 Å². The fourth-order valence-corrected chi connectivity index (χ4v) is 4.46. The smallest absolute Gasteiger partial charge is 0.231 e. The van der Waals surface area contributed by atoms with Crippen LogP contribution in [0, 0.1) is 18.3 Å². The van der Waals surface area contributed by atoms with Gasteiger partial charge in [0.25, 0.3) is 0 Å². The second-order valence-electron chi connectivity index (χ2n) is 7.73. The number of nitrogens with zero attached hydrogens (tertiary/aromatic N) is 2. The van der Waals surface area contributed by atoms with Crippen molar-refractivity contribution in [1.82, 2.24) is 0 Å². The molecule has 0 aromatic heterocycles. The first-order chi connectivity index (χ1) is 14.7. The Morgan fingerprint density at radius 3 is 2.50 bits per heavy atom. The highest BCUT2D eigenvalue weighted by atomic mass is 16.2. The molecule has 1 amide bonds. The highest BCUT2D eigenvalue weighted by molar-refractivity contribution is 6.04. The van der Waals surface area contributed by atoms with Gasteiger partial charge in [0.05, 0.1) is 30.3 Å². The van der Waals surface area contributed by atoms with Crippen molar-refractivity contribution in [3.05, 3.63) is 101 Å². The summed E-state index contributed by atoms with van der Waals surface area (Å²) in [6.07, 6.45) is 0.439. The molecule has 1 aliphatic heterocycles. The molecule has 0 bridgehead atoms. The number of hydrogen-bond acceptors (Lipinski definition) is 2. The number of hydrogen-bond donors (Lipinski definition) is 0. The van der Waals surface area contributed by atoms with Gasteiger partial charge in [-0.25, -0.2) is 0 Å². The molecule has 30 heavy (non-hydrogen) atoms. The molecular formula is C27H20N2O. The van der Waals surface area contributed by atoms with E-state index >= 15 is 0 Å². The van der Waals surface area contributed by atoms with Gasteiger partial charge < -0.3 is 4.90 Å². The molecule has 0 unspecified atom stereocenters. The van der Waals surface area contributed by atoms with E-state index in [-0.39, 0.29) is 5.91 Å². The van der Waals surface area contributed by atoms with Gasteiger partial charge in [0.2, 0.25) is 5.91 Å². The van der Waals surface area contributed by atoms with Crippen molar-refractivity contribution in [2.75, 3.05) is 4.90 Å². The molecule has 1 aliphatic rings. The summed E-state index contributed by atoms with van der Waals surface area (Å²) in [5.74, 6) is 0.137. The third-order valence-electron chi connectivity index (χ3n) is 5.96. The average molecular weight is 388 g/mol. The predicted molar refractivity (Wildman–Crippen MR) is 120 cm³/mol. The Morgan fingerprint density at radius 1 is 0.933 bits per heavy atom. The molecule has 0 radical (unpaired) electrons. The molecule has 0 saturated carbocycles. The second kappa shape index (κ2) is 7.17. The number of nitriles is 1. The van der Waals surface area contributed by atoms with E-state index in [0.717, 1.165) is 33.5 Å². The highest BCUT2D eigenvalue weighted by Gasteiger charge is 2.30. The number of rotatable bonds is 3. The SMILES string of the molecule is Cc1c(-c2ccc(C#N)cc2)ccc2c1N(Cc1cccc3ccccc13)C(=O)C2. The van der Waals surface area contributed by atoms with Crippen molar-refractivity contribution >= 4 is 22.4 Å². The predicted octanol–water partition coefficient (Wildman–Crippen LogP) is 5.78. The third kappa shape index (κ3) is 2.94. The zero-order chi connectivity index (χ0) is 20.7. The minimum absolute atomic E-state index is 0.137. The third-order valence-corrected chi connectivity index (χ3v) is 5.96. The van der Waals surface area contributed by atoms with Crippen LogP contribution in [0.25, 0.3) is 21.9 Å². The van der Waals surface area contributed by atoms with Crippen LogP contribution in [-0.4, -0.2) is 5.91 Å². The summed E-state index contributed by atoms with van der Waals surface area (Å²) in [6, 6.07) is 28.5. The van der Waals surface area contributed by atoms with Gasteiger partial charge in [0, 0.05) is 0 Å². The molecule has 4 aromatic carbocycles. The molecule has 4 aromatic rings. The van der Waals surface area contributed by atoms with Crippen LogP contribution in [0.3, 0.4) is 0 Å². The summed E-state index contributed by atoms with van der Waals surface area (Å²) in [5.41, 5.74) is 7.14. The summed E-state index contributed by atoms with van der Waals surface area (Å²) in [6.45, 7) is 2.64. The van der Waals surface area contributed by atoms with Crippen LogP contribution in [0.15, 0.2) is 78.9 Å². The Kier molecular flexibility index (Phi) is 4.34. The van der Waals surface area contributed by atoms with Crippen molar-refractivity contribution in [1.29, 1.82) is 5.26 Å². The first-order valence-corrected chi connectivity index (χ1v) is 10.1. The fourth-order valence-electron chi connectivity index (χ4n) is 4.46. The lowest BCUT2D eigenvalue weighted by atomic mass is 9.95. The highest BCUT2D eigenvalue weighted by Crippen LogP contribution is 2.39. The maximum atomic E-state index is 12.9. The van der Waals surface area contributed by atoms with E-state index < -0.39 is 0 Å². The number of carbonyl (C=O) groups excluding carboxylic acids is 1. The molecule has 0 fully saturated rings. The van der Waals surface area contributed by atoms with E-state index in [1.54, 1.807) is 0 Å². The van der Waals surface area contributed by atoms with Crippen LogP contribution in [0.5, 0.6) is 0 Å². The molecule has 3 nitrogen and oxygen atoms in total. The van der Waals surface area contributed by atoms with Crippen LogP contribution < -0.4 is 4.90 Å². The van der Waals surface area contributed by atoms with Crippen molar-refractivity contribution < 1.29 is 4.79 Å². The molecule has 3 heteroatoms. The normalized spacial score (nSPS) is 12.8. The lowest BCUT2D eigenvalue weighted by molar-refractivity contribution is -0.117. The van der Waals surface area contributed by atoms with Crippen LogP contribution in [0.4, 0.5) is 5.69 Å². The van der Waals surface area contributed by atoms with Crippen LogP contribution in [-0.2, 0) is 17.8 Å². The number of carbonyl (C=O) groups is 1. The van der Waals surface area contributed by atoms with E-state index in [2.05, 4.69) is 55.5 Å². The summed E-state index contributed by atoms with van der Waals surface area (Å²) in [5, 5.41) is 11.4. The number of fused-ring (bicyclic) bond motifs is 2. The topological polar surface area (TPSA) is 44.1 Å². The Morgan fingerprint density at radius 2 is 1.70 bits per heavy atom. The minimum atomic E-state index is 0.137. The van der Waals surface area contributed by atoms with Gasteiger partial charge in [-0.2, -0.15) is 5.26 Å². The van der Waals surface area contributed by atoms with Crippen LogP contribution in [0.1, 0.15) is 22.3 Å². The van der Waals surface area contributed by atoms with E-state index in [0.29, 0.717) is 18.5 Å². The molecule has 0 N–H and O–H groups in total. The lowest BCUT2D eigenvalue weighted by Gasteiger charge is -2.22. The number of benzene rings is 4. The van der Waals surface area contributed by atoms with Gasteiger partial charge in [-0.1, -0.05) is 66.7 Å². The summed E-state index contributed by atoms with van der Waals surface area (Å²) >= 11 is 0. The molecule has 0 atom stereocenters. The second-order valence-corrected chi connectivity index (χ2v) is 7.73. The number of amides is 1. The molecule has 0 spiro atoms. The standard InChI is InChI=1S/C27H20N2O/c1-18-24(21-11-9-19(16-28)10-12-21)14-13-22-15-26(30)29(27(18)22)17-23-7-4-6-20-5-2-3-8-25(20)23/h2-14H,15,17H2,1H3. The molecular weight excluding hydrogens is 368 g/mol. The van der Waals surface area contributed by atoms with E-state index in [9.17, 15) is 4.79 Å². The van der Waals surface area contributed by atoms with Crippen LogP contribution in [0.2, 0.25) is 0 Å². The molecule has 5 rings (SSSR count). The summed E-state index contributed by atoms with van der Waals surface area (Å²) in [4.78, 5) is 14.9. The molecule has 0 aliphatic carbocycles. The Hall–Kier alpha value is -3.90. The summed E-state index contributed by atoms with van der Waals surface area (Å²) < 4.78 is 0. The van der Waals surface area contributed by atoms with E-state index in [1.807, 2.05) is 41.3 Å². The van der Waals surface area contributed by atoms with Gasteiger partial charge in [0.1, 0.15) is 0 Å². The maximum absolute atomic E-state index is 12.9. The van der Waals surface area contributed by atoms with E-state index in [1.165, 1.54) is 10.8 Å². The first-order valence-electron chi connectivity index (χ1n) is 10.1. The molecule has 0 saturated heterocycles. The molecule has 1 heterocycles. The Balaban J connectivity index is 1.58. The average Bonchev–Trinajstić information content (AvgIpc) is 3.10. The van der Waals surface area contributed by atoms with Crippen molar-refractivity contribution in [3.63, 3.8) is 0 Å². The molecule has 144 valence electrons. The summed E-state index contributed by atoms with van der Waals surface area (Å²) in [7, 11) is 0.